The fourth-order valence-corrected chi connectivity index (χ4v) is 3.90. The number of rotatable bonds is 6. The Kier molecular flexibility index (Phi) is 18.8. The molecule has 0 spiro atoms. The van der Waals surface area contributed by atoms with Crippen LogP contribution < -0.4 is 45.3 Å². The van der Waals surface area contributed by atoms with Gasteiger partial charge in [0.05, 0.1) is 16.7 Å². The summed E-state index contributed by atoms with van der Waals surface area (Å²) < 4.78 is 31.3. The third-order valence-electron chi connectivity index (χ3n) is 4.29. The van der Waals surface area contributed by atoms with Crippen LogP contribution in [0.15, 0.2) is 72.8 Å². The first-order valence-corrected chi connectivity index (χ1v) is 14.4. The molecule has 15 nitrogen and oxygen atoms in total. The normalized spacial score (nSPS) is 10.7. The molecule has 212 valence electrons. The Hall–Kier alpha value is -0.727. The molecule has 0 aromatic heterocycles. The number of hydrogen-bond donors (Lipinski definition) is 3. The maximum atomic E-state index is 10.4. The fourth-order valence-electron chi connectivity index (χ4n) is 2.36. The standard InChI is InChI=1S/3C7H7O5P.2Ce/c3*8-7(9)5-1-3-6(4-2-5)13(10,11)12;;/h3*1-4H,(H,8,9)(H2,10,11,12);;/q;;;2*+3/p-6. The molecule has 0 saturated carbocycles. The van der Waals surface area contributed by atoms with Crippen molar-refractivity contribution in [2.45, 2.75) is 0 Å². The van der Waals surface area contributed by atoms with Crippen LogP contribution in [0.2, 0.25) is 0 Å². The van der Waals surface area contributed by atoms with Gasteiger partial charge in [-0.05, 0) is 75.1 Å². The Morgan fingerprint density at radius 2 is 0.561 bits per heavy atom. The summed E-state index contributed by atoms with van der Waals surface area (Å²) in [6, 6.07) is 12.3. The second-order valence-electron chi connectivity index (χ2n) is 7.05. The van der Waals surface area contributed by atoms with Gasteiger partial charge in [-0.2, -0.15) is 0 Å². The zero-order valence-electron chi connectivity index (χ0n) is 20.0. The number of aromatic carboxylic acids is 3. The van der Waals surface area contributed by atoms with Gasteiger partial charge in [-0.3, -0.25) is 0 Å². The minimum atomic E-state index is -4.76. The summed E-state index contributed by atoms with van der Waals surface area (Å²) in [6.07, 6.45) is 0. The summed E-state index contributed by atoms with van der Waals surface area (Å²) in [5.41, 5.74) is -0.174. The summed E-state index contributed by atoms with van der Waals surface area (Å²) >= 11 is 0. The molecule has 0 amide bonds. The number of benzene rings is 3. The zero-order valence-corrected chi connectivity index (χ0v) is 29.0. The molecule has 0 aliphatic heterocycles. The SMILES string of the molecule is O=C(O)c1ccc(P(=O)([O-])[O-])cc1.O=C(O)c1ccc(P(=O)([O-])[O-])cc1.O=C(O)c1ccc(P(=O)([O-])[O-])cc1.[Ce+3].[Ce+3]. The van der Waals surface area contributed by atoms with Gasteiger partial charge in [0.15, 0.2) is 0 Å². The Balaban J connectivity index is 0. The third kappa shape index (κ3) is 15.5. The van der Waals surface area contributed by atoms with Crippen molar-refractivity contribution in [1.29, 1.82) is 0 Å². The second kappa shape index (κ2) is 18.2. The van der Waals surface area contributed by atoms with Gasteiger partial charge < -0.3 is 58.4 Å². The summed E-state index contributed by atoms with van der Waals surface area (Å²) in [6.45, 7) is 0. The van der Waals surface area contributed by atoms with Crippen LogP contribution in [-0.4, -0.2) is 33.2 Å². The van der Waals surface area contributed by atoms with Crippen molar-refractivity contribution in [3.8, 4) is 0 Å². The van der Waals surface area contributed by atoms with E-state index in [-0.39, 0.29) is 100 Å². The zero-order chi connectivity index (χ0) is 30.2. The average molecular weight is 880 g/mol. The molecule has 3 N–H and O–H groups in total. The smallest absolute Gasteiger partial charge is 0.807 e. The van der Waals surface area contributed by atoms with Gasteiger partial charge in [-0.1, -0.05) is 36.4 Å². The first-order valence-electron chi connectivity index (χ1n) is 9.81. The minimum Gasteiger partial charge on any atom is -0.807 e. The molecule has 20 heteroatoms. The predicted octanol–water partition coefficient (Wildman–Crippen LogP) is -3.23. The molecule has 3 rings (SSSR count). The Morgan fingerprint density at radius 3 is 0.659 bits per heavy atom. The molecule has 3 aromatic carbocycles. The second-order valence-corrected chi connectivity index (χ2v) is 11.6. The molecule has 0 atom stereocenters. The number of carboxylic acid groups (broad SMARTS) is 3. The van der Waals surface area contributed by atoms with Crippen molar-refractivity contribution >= 4 is 56.6 Å². The quantitative estimate of drug-likeness (QED) is 0.205. The third-order valence-corrected chi connectivity index (χ3v) is 7.08. The van der Waals surface area contributed by atoms with Crippen molar-refractivity contribution in [3.63, 3.8) is 0 Å². The van der Waals surface area contributed by atoms with Gasteiger partial charge in [0, 0.05) is 0 Å². The van der Waals surface area contributed by atoms with E-state index in [1.807, 2.05) is 0 Å². The molecule has 41 heavy (non-hydrogen) atoms. The van der Waals surface area contributed by atoms with Crippen LogP contribution in [0.4, 0.5) is 0 Å². The Labute approximate surface area is 298 Å². The summed E-state index contributed by atoms with van der Waals surface area (Å²) in [5, 5.41) is 24.1. The van der Waals surface area contributed by atoms with Crippen LogP contribution in [0.3, 0.4) is 0 Å². The van der Waals surface area contributed by atoms with E-state index in [1.165, 1.54) is 0 Å². The molecule has 0 saturated heterocycles. The van der Waals surface area contributed by atoms with Gasteiger partial charge >= 0.3 is 101 Å². The molecule has 0 aliphatic carbocycles. The van der Waals surface area contributed by atoms with Gasteiger partial charge in [0.25, 0.3) is 0 Å². The largest absolute Gasteiger partial charge is 3.00 e. The summed E-state index contributed by atoms with van der Waals surface area (Å²) in [5.74, 6) is -3.51. The number of carbonyl (C=O) groups is 3. The monoisotopic (exact) mass is 880 g/mol. The van der Waals surface area contributed by atoms with E-state index in [0.717, 1.165) is 72.8 Å². The maximum absolute atomic E-state index is 10.4. The van der Waals surface area contributed by atoms with Crippen molar-refractivity contribution in [1.82, 2.24) is 0 Å². The average Bonchev–Trinajstić information content (AvgIpc) is 2.83. The van der Waals surface area contributed by atoms with E-state index in [2.05, 4.69) is 0 Å². The summed E-state index contributed by atoms with van der Waals surface area (Å²) in [7, 11) is -14.3. The topological polar surface area (TPSA) is 301 Å². The van der Waals surface area contributed by atoms with E-state index in [4.69, 9.17) is 15.3 Å². The van der Waals surface area contributed by atoms with E-state index in [1.54, 1.807) is 0 Å². The number of carboxylic acids is 3. The van der Waals surface area contributed by atoms with Gasteiger partial charge in [0.2, 0.25) is 0 Å². The van der Waals surface area contributed by atoms with Crippen LogP contribution in [0.25, 0.3) is 0 Å². The van der Waals surface area contributed by atoms with Gasteiger partial charge in [-0.15, -0.1) is 0 Å². The van der Waals surface area contributed by atoms with E-state index >= 15 is 0 Å². The minimum absolute atomic E-state index is 0. The molecular weight excluding hydrogens is 865 g/mol. The molecule has 0 aliphatic rings. The fraction of sp³-hybridized carbons (Fsp3) is 0. The molecule has 0 bridgehead atoms. The van der Waals surface area contributed by atoms with Crippen LogP contribution >= 0.6 is 22.8 Å². The molecule has 0 heterocycles. The van der Waals surface area contributed by atoms with Crippen molar-refractivity contribution in [2.24, 2.45) is 0 Å². The molecule has 0 unspecified atom stereocenters. The van der Waals surface area contributed by atoms with Gasteiger partial charge in [-0.25, -0.2) is 14.4 Å². The van der Waals surface area contributed by atoms with E-state index in [0.29, 0.717) is 0 Å². The predicted molar refractivity (Wildman–Crippen MR) is 122 cm³/mol. The van der Waals surface area contributed by atoms with Crippen LogP contribution in [0.1, 0.15) is 31.1 Å². The van der Waals surface area contributed by atoms with E-state index < -0.39 is 56.6 Å². The molecule has 3 aromatic rings. The first kappa shape index (κ1) is 42.4. The van der Waals surface area contributed by atoms with Crippen molar-refractivity contribution < 1.29 is 156 Å². The van der Waals surface area contributed by atoms with Gasteiger partial charge in [0.1, 0.15) is 0 Å². The van der Waals surface area contributed by atoms with Crippen LogP contribution in [0, 0.1) is 83.5 Å². The van der Waals surface area contributed by atoms with Crippen LogP contribution in [-0.2, 0) is 13.7 Å². The first-order chi connectivity index (χ1) is 17.7. The molecular formula is C21H15Ce2O15P3. The Bertz CT molecular complexity index is 1280. The van der Waals surface area contributed by atoms with Crippen molar-refractivity contribution in [3.05, 3.63) is 89.5 Å². The molecule has 2 radical (unpaired) electrons. The number of hydrogen-bond acceptors (Lipinski definition) is 12. The molecule has 0 fully saturated rings. The van der Waals surface area contributed by atoms with Crippen molar-refractivity contribution in [2.75, 3.05) is 0 Å². The Morgan fingerprint density at radius 1 is 0.415 bits per heavy atom. The van der Waals surface area contributed by atoms with E-state index in [9.17, 15) is 57.4 Å². The maximum Gasteiger partial charge on any atom is 3.00 e. The summed E-state index contributed by atoms with van der Waals surface area (Å²) in [4.78, 5) is 93.6. The van der Waals surface area contributed by atoms with Crippen LogP contribution in [0.5, 0.6) is 0 Å².